The minimum Gasteiger partial charge on any atom is -0.453 e. The highest BCUT2D eigenvalue weighted by Crippen LogP contribution is 2.42. The van der Waals surface area contributed by atoms with E-state index in [2.05, 4.69) is 33.9 Å². The molecule has 1 N–H and O–H groups in total. The van der Waals surface area contributed by atoms with Crippen molar-refractivity contribution >= 4 is 14.3 Å². The van der Waals surface area contributed by atoms with Crippen molar-refractivity contribution in [3.63, 3.8) is 0 Å². The van der Waals surface area contributed by atoms with E-state index in [1.54, 1.807) is 24.3 Å². The van der Waals surface area contributed by atoms with Gasteiger partial charge in [-0.05, 0) is 30.3 Å². The van der Waals surface area contributed by atoms with Crippen LogP contribution in [0.3, 0.4) is 0 Å². The van der Waals surface area contributed by atoms with Gasteiger partial charge in [-0.3, -0.25) is 0 Å². The first-order chi connectivity index (χ1) is 16.6. The number of aliphatic hydroxyl groups excluding tert-OH is 1. The lowest BCUT2D eigenvalue weighted by atomic mass is 9.94. The first-order valence-corrected chi connectivity index (χ1v) is 15.0. The molecule has 0 unspecified atom stereocenters. The summed E-state index contributed by atoms with van der Waals surface area (Å²) in [5.41, 5.74) is 1.30. The number of ether oxygens (including phenoxy) is 4. The third kappa shape index (κ3) is 5.68. The Hall–Kier alpha value is -2.07. The van der Waals surface area contributed by atoms with Gasteiger partial charge in [0, 0.05) is 5.56 Å². The molecule has 2 aliphatic heterocycles. The number of benzene rings is 2. The number of fused-ring (bicyclic) bond motifs is 1. The Balaban J connectivity index is 1.68. The molecular formula is C27H36O7Si. The molecule has 190 valence electrons. The Labute approximate surface area is 208 Å². The second kappa shape index (κ2) is 10.5. The summed E-state index contributed by atoms with van der Waals surface area (Å²) in [5, 5.41) is 10.1. The summed E-state index contributed by atoms with van der Waals surface area (Å²) >= 11 is 0. The molecule has 0 saturated carbocycles. The molecule has 6 atom stereocenters. The van der Waals surface area contributed by atoms with E-state index < -0.39 is 51.1 Å². The normalized spacial score (nSPS) is 29.3. The second-order valence-electron chi connectivity index (χ2n) is 10.7. The minimum absolute atomic E-state index is 0.0963. The molecule has 4 rings (SSSR count). The number of rotatable bonds is 6. The SMILES string of the molecule is CC(C)(C)[Si](C)(C)O[C@H]1[C@@H](OC(=O)c2ccccc2)[C@@H]2O[C@@H](c3ccccc3)OC[C@@H]2O[C@@H]1CO. The van der Waals surface area contributed by atoms with Gasteiger partial charge in [-0.2, -0.15) is 0 Å². The topological polar surface area (TPSA) is 83.5 Å². The van der Waals surface area contributed by atoms with Gasteiger partial charge in [0.15, 0.2) is 20.7 Å². The lowest BCUT2D eigenvalue weighted by molar-refractivity contribution is -0.328. The second-order valence-corrected chi connectivity index (χ2v) is 15.4. The Morgan fingerprint density at radius 2 is 1.63 bits per heavy atom. The molecule has 0 bridgehead atoms. The summed E-state index contributed by atoms with van der Waals surface area (Å²) < 4.78 is 31.4. The summed E-state index contributed by atoms with van der Waals surface area (Å²) in [6.07, 6.45) is -3.93. The van der Waals surface area contributed by atoms with E-state index in [0.717, 1.165) is 5.56 Å². The number of hydrogen-bond donors (Lipinski definition) is 1. The van der Waals surface area contributed by atoms with Crippen LogP contribution < -0.4 is 0 Å². The molecular weight excluding hydrogens is 464 g/mol. The predicted molar refractivity (Wildman–Crippen MR) is 133 cm³/mol. The van der Waals surface area contributed by atoms with Crippen molar-refractivity contribution in [1.82, 2.24) is 0 Å². The fourth-order valence-electron chi connectivity index (χ4n) is 4.14. The monoisotopic (exact) mass is 500 g/mol. The zero-order valence-electron chi connectivity index (χ0n) is 21.0. The quantitative estimate of drug-likeness (QED) is 0.463. The Morgan fingerprint density at radius 1 is 1.00 bits per heavy atom. The number of carbonyl (C=O) groups excluding carboxylic acids is 1. The fourth-order valence-corrected chi connectivity index (χ4v) is 5.46. The third-order valence-electron chi connectivity index (χ3n) is 7.16. The van der Waals surface area contributed by atoms with Crippen LogP contribution in [0.2, 0.25) is 18.1 Å². The smallest absolute Gasteiger partial charge is 0.338 e. The van der Waals surface area contributed by atoms with Gasteiger partial charge in [-0.15, -0.1) is 0 Å². The standard InChI is InChI=1S/C27H36O7Si/c1-27(2,3)35(4,5)34-23-20(16-28)31-21-17-30-26(19-14-10-7-11-15-19)33-22(21)24(23)32-25(29)18-12-8-6-9-13-18/h6-15,20-24,26,28H,16-17H2,1-5H3/t20-,21+,22-,23-,24+,26+/m1/s1. The van der Waals surface area contributed by atoms with Gasteiger partial charge in [0.2, 0.25) is 0 Å². The molecule has 0 aromatic heterocycles. The number of carbonyl (C=O) groups is 1. The largest absolute Gasteiger partial charge is 0.453 e. The number of aliphatic hydroxyl groups is 1. The first-order valence-electron chi connectivity index (χ1n) is 12.1. The van der Waals surface area contributed by atoms with Gasteiger partial charge in [-0.1, -0.05) is 69.3 Å². The van der Waals surface area contributed by atoms with Crippen LogP contribution in [-0.2, 0) is 23.4 Å². The van der Waals surface area contributed by atoms with Crippen molar-refractivity contribution in [2.75, 3.05) is 13.2 Å². The maximum atomic E-state index is 13.2. The van der Waals surface area contributed by atoms with Crippen LogP contribution in [0.4, 0.5) is 0 Å². The van der Waals surface area contributed by atoms with Crippen molar-refractivity contribution in [2.24, 2.45) is 0 Å². The molecule has 2 saturated heterocycles. The molecule has 2 aromatic rings. The molecule has 0 radical (unpaired) electrons. The van der Waals surface area contributed by atoms with Crippen molar-refractivity contribution in [3.05, 3.63) is 71.8 Å². The van der Waals surface area contributed by atoms with Gasteiger partial charge in [0.25, 0.3) is 0 Å². The first kappa shape index (κ1) is 26.0. The summed E-state index contributed by atoms with van der Waals surface area (Å²) in [6.45, 7) is 10.6. The van der Waals surface area contributed by atoms with Crippen molar-refractivity contribution in [3.8, 4) is 0 Å². The molecule has 0 aliphatic carbocycles. The number of hydrogen-bond acceptors (Lipinski definition) is 7. The van der Waals surface area contributed by atoms with Crippen molar-refractivity contribution in [1.29, 1.82) is 0 Å². The van der Waals surface area contributed by atoms with Crippen molar-refractivity contribution < 1.29 is 33.3 Å². The van der Waals surface area contributed by atoms with Crippen LogP contribution in [0.5, 0.6) is 0 Å². The van der Waals surface area contributed by atoms with E-state index in [0.29, 0.717) is 5.56 Å². The van der Waals surface area contributed by atoms with Gasteiger partial charge >= 0.3 is 5.97 Å². The zero-order valence-corrected chi connectivity index (χ0v) is 22.0. The highest BCUT2D eigenvalue weighted by atomic mass is 28.4. The summed E-state index contributed by atoms with van der Waals surface area (Å²) in [5.74, 6) is -0.469. The zero-order chi connectivity index (χ0) is 25.2. The van der Waals surface area contributed by atoms with E-state index >= 15 is 0 Å². The van der Waals surface area contributed by atoms with E-state index in [-0.39, 0.29) is 18.3 Å². The van der Waals surface area contributed by atoms with Gasteiger partial charge in [-0.25, -0.2) is 4.79 Å². The molecule has 2 aliphatic rings. The molecule has 0 spiro atoms. The Bertz CT molecular complexity index is 976. The van der Waals surface area contributed by atoms with Crippen LogP contribution >= 0.6 is 0 Å². The molecule has 8 heteroatoms. The third-order valence-corrected chi connectivity index (χ3v) is 11.6. The summed E-state index contributed by atoms with van der Waals surface area (Å²) in [6, 6.07) is 18.5. The summed E-state index contributed by atoms with van der Waals surface area (Å²) in [7, 11) is -2.33. The molecule has 35 heavy (non-hydrogen) atoms. The minimum atomic E-state index is -2.33. The molecule has 2 fully saturated rings. The van der Waals surface area contributed by atoms with Gasteiger partial charge in [0.1, 0.15) is 24.4 Å². The highest BCUT2D eigenvalue weighted by molar-refractivity contribution is 6.74. The molecule has 0 amide bonds. The van der Waals surface area contributed by atoms with Gasteiger partial charge < -0.3 is 28.5 Å². The predicted octanol–water partition coefficient (Wildman–Crippen LogP) is 4.48. The van der Waals surface area contributed by atoms with Crippen LogP contribution in [0, 0.1) is 0 Å². The average Bonchev–Trinajstić information content (AvgIpc) is 2.85. The molecule has 2 heterocycles. The maximum Gasteiger partial charge on any atom is 0.338 e. The Morgan fingerprint density at radius 3 is 2.23 bits per heavy atom. The van der Waals surface area contributed by atoms with E-state index in [9.17, 15) is 9.90 Å². The fraction of sp³-hybridized carbons (Fsp3) is 0.519. The van der Waals surface area contributed by atoms with E-state index in [1.165, 1.54) is 0 Å². The Kier molecular flexibility index (Phi) is 7.80. The van der Waals surface area contributed by atoms with E-state index in [4.69, 9.17) is 23.4 Å². The van der Waals surface area contributed by atoms with Crippen molar-refractivity contribution in [2.45, 2.75) is 75.7 Å². The summed E-state index contributed by atoms with van der Waals surface area (Å²) in [4.78, 5) is 13.2. The van der Waals surface area contributed by atoms with E-state index in [1.807, 2.05) is 36.4 Å². The highest BCUT2D eigenvalue weighted by Gasteiger charge is 2.54. The number of esters is 1. The molecule has 2 aromatic carbocycles. The average molecular weight is 501 g/mol. The molecule has 7 nitrogen and oxygen atoms in total. The van der Waals surface area contributed by atoms with Crippen LogP contribution in [-0.4, -0.2) is 63.1 Å². The lowest BCUT2D eigenvalue weighted by Crippen LogP contribution is -2.66. The van der Waals surface area contributed by atoms with Crippen LogP contribution in [0.25, 0.3) is 0 Å². The van der Waals surface area contributed by atoms with Gasteiger partial charge in [0.05, 0.1) is 18.8 Å². The van der Waals surface area contributed by atoms with Crippen LogP contribution in [0.1, 0.15) is 43.0 Å². The van der Waals surface area contributed by atoms with Crippen LogP contribution in [0.15, 0.2) is 60.7 Å². The maximum absolute atomic E-state index is 13.2. The lowest BCUT2D eigenvalue weighted by Gasteiger charge is -2.51.